The van der Waals surface area contributed by atoms with E-state index in [-0.39, 0.29) is 0 Å². The molecule has 0 spiro atoms. The largest absolute Gasteiger partial charge is 0.497 e. The molecule has 0 aliphatic heterocycles. The number of anilines is 1. The number of rotatable bonds is 11. The Balaban J connectivity index is 2.03. The van der Waals surface area contributed by atoms with Gasteiger partial charge in [-0.25, -0.2) is 13.8 Å². The number of nitrogens with one attached hydrogen (secondary N) is 1. The molecule has 1 N–H and O–H groups in total. The molecule has 0 fully saturated rings. The van der Waals surface area contributed by atoms with Crippen molar-refractivity contribution >= 4 is 27.8 Å². The van der Waals surface area contributed by atoms with Crippen LogP contribution in [-0.4, -0.2) is 46.6 Å². The van der Waals surface area contributed by atoms with E-state index in [4.69, 9.17) is 9.47 Å². The van der Waals surface area contributed by atoms with Crippen LogP contribution in [0.15, 0.2) is 53.6 Å². The van der Waals surface area contributed by atoms with Crippen LogP contribution in [0.25, 0.3) is 0 Å². The van der Waals surface area contributed by atoms with Crippen LogP contribution in [0, 0.1) is 0 Å². The topological polar surface area (TPSA) is 97.3 Å². The van der Waals surface area contributed by atoms with Crippen LogP contribution in [0.1, 0.15) is 32.3 Å². The number of carbonyl (C=O) groups is 1. The van der Waals surface area contributed by atoms with E-state index in [2.05, 4.69) is 17.5 Å². The van der Waals surface area contributed by atoms with Crippen molar-refractivity contribution in [1.82, 2.24) is 5.43 Å². The summed E-state index contributed by atoms with van der Waals surface area (Å²) in [5.74, 6) is 0.796. The van der Waals surface area contributed by atoms with Crippen molar-refractivity contribution in [3.63, 3.8) is 0 Å². The zero-order chi connectivity index (χ0) is 22.9. The van der Waals surface area contributed by atoms with Gasteiger partial charge in [0.05, 0.1) is 31.9 Å². The van der Waals surface area contributed by atoms with E-state index in [0.717, 1.165) is 34.7 Å². The van der Waals surface area contributed by atoms with Crippen molar-refractivity contribution in [3.05, 3.63) is 54.1 Å². The molecule has 0 bridgehead atoms. The highest BCUT2D eigenvalue weighted by molar-refractivity contribution is 7.92. The molecule has 0 aliphatic rings. The van der Waals surface area contributed by atoms with Gasteiger partial charge in [0, 0.05) is 0 Å². The molecule has 2 aromatic rings. The second kappa shape index (κ2) is 11.4. The normalized spacial score (nSPS) is 12.4. The van der Waals surface area contributed by atoms with E-state index in [1.165, 1.54) is 20.2 Å². The molecule has 1 amide bonds. The van der Waals surface area contributed by atoms with E-state index >= 15 is 0 Å². The number of hydrogen-bond acceptors (Lipinski definition) is 6. The van der Waals surface area contributed by atoms with Gasteiger partial charge >= 0.3 is 0 Å². The molecule has 168 valence electrons. The molecule has 0 aromatic heterocycles. The van der Waals surface area contributed by atoms with E-state index in [0.29, 0.717) is 18.0 Å². The second-order valence-electron chi connectivity index (χ2n) is 6.94. The standard InChI is InChI=1S/C22H29N3O5S/c1-5-6-15-30-21-11-7-18(8-12-21)16-23-24-22(26)17(2)25(31(4,27)28)19-9-13-20(29-3)14-10-19/h7-14,16-17H,5-6,15H2,1-4H3,(H,24,26). The second-order valence-corrected chi connectivity index (χ2v) is 8.80. The van der Waals surface area contributed by atoms with Crippen LogP contribution in [0.5, 0.6) is 11.5 Å². The molecule has 9 heteroatoms. The number of ether oxygens (including phenoxy) is 2. The summed E-state index contributed by atoms with van der Waals surface area (Å²) < 4.78 is 36.4. The molecule has 0 radical (unpaired) electrons. The van der Waals surface area contributed by atoms with Crippen LogP contribution in [0.4, 0.5) is 5.69 Å². The zero-order valence-electron chi connectivity index (χ0n) is 18.2. The Hall–Kier alpha value is -3.07. The fraction of sp³-hybridized carbons (Fsp3) is 0.364. The number of sulfonamides is 1. The van der Waals surface area contributed by atoms with Gasteiger partial charge in [0.15, 0.2) is 0 Å². The monoisotopic (exact) mass is 447 g/mol. The van der Waals surface area contributed by atoms with E-state index in [9.17, 15) is 13.2 Å². The minimum absolute atomic E-state index is 0.355. The first-order valence-corrected chi connectivity index (χ1v) is 11.8. The number of benzene rings is 2. The van der Waals surface area contributed by atoms with Gasteiger partial charge < -0.3 is 9.47 Å². The van der Waals surface area contributed by atoms with Crippen molar-refractivity contribution in [3.8, 4) is 11.5 Å². The fourth-order valence-electron chi connectivity index (χ4n) is 2.79. The zero-order valence-corrected chi connectivity index (χ0v) is 19.1. The van der Waals surface area contributed by atoms with Crippen LogP contribution in [-0.2, 0) is 14.8 Å². The Labute approximate surface area is 183 Å². The van der Waals surface area contributed by atoms with Crippen LogP contribution in [0.3, 0.4) is 0 Å². The number of carbonyl (C=O) groups excluding carboxylic acids is 1. The first kappa shape index (κ1) is 24.2. The summed E-state index contributed by atoms with van der Waals surface area (Å²) in [6.07, 6.45) is 4.60. The SMILES string of the molecule is CCCCOc1ccc(C=NNC(=O)C(C)N(c2ccc(OC)cc2)S(C)(=O)=O)cc1. The predicted molar refractivity (Wildman–Crippen MR) is 122 cm³/mol. The van der Waals surface area contributed by atoms with Crippen LogP contribution >= 0.6 is 0 Å². The molecule has 1 unspecified atom stereocenters. The molecule has 0 saturated carbocycles. The molecule has 0 heterocycles. The lowest BCUT2D eigenvalue weighted by molar-refractivity contribution is -0.121. The molecule has 0 saturated heterocycles. The van der Waals surface area contributed by atoms with E-state index in [1.54, 1.807) is 24.3 Å². The Kier molecular flexibility index (Phi) is 8.87. The molecule has 2 aromatic carbocycles. The lowest BCUT2D eigenvalue weighted by Gasteiger charge is -2.27. The Morgan fingerprint density at radius 2 is 1.74 bits per heavy atom. The highest BCUT2D eigenvalue weighted by atomic mass is 32.2. The third-order valence-corrected chi connectivity index (χ3v) is 5.69. The third kappa shape index (κ3) is 7.29. The van der Waals surface area contributed by atoms with Crippen molar-refractivity contribution < 1.29 is 22.7 Å². The van der Waals surface area contributed by atoms with Crippen LogP contribution in [0.2, 0.25) is 0 Å². The average molecular weight is 448 g/mol. The molecular weight excluding hydrogens is 418 g/mol. The summed E-state index contributed by atoms with van der Waals surface area (Å²) in [6.45, 7) is 4.27. The summed E-state index contributed by atoms with van der Waals surface area (Å²) in [7, 11) is -2.19. The van der Waals surface area contributed by atoms with Gasteiger partial charge in [0.2, 0.25) is 10.0 Å². The van der Waals surface area contributed by atoms with E-state index < -0.39 is 22.0 Å². The Morgan fingerprint density at radius 1 is 1.13 bits per heavy atom. The minimum Gasteiger partial charge on any atom is -0.497 e. The summed E-state index contributed by atoms with van der Waals surface area (Å²) in [5, 5.41) is 3.95. The first-order chi connectivity index (χ1) is 14.8. The van der Waals surface area contributed by atoms with Gasteiger partial charge in [-0.3, -0.25) is 9.10 Å². The molecule has 31 heavy (non-hydrogen) atoms. The maximum Gasteiger partial charge on any atom is 0.263 e. The highest BCUT2D eigenvalue weighted by Gasteiger charge is 2.29. The van der Waals surface area contributed by atoms with Crippen molar-refractivity contribution in [1.29, 1.82) is 0 Å². The van der Waals surface area contributed by atoms with Gasteiger partial charge in [-0.2, -0.15) is 5.10 Å². The van der Waals surface area contributed by atoms with Crippen molar-refractivity contribution in [2.75, 3.05) is 24.3 Å². The number of hydrogen-bond donors (Lipinski definition) is 1. The van der Waals surface area contributed by atoms with Gasteiger partial charge in [-0.05, 0) is 67.4 Å². The fourth-order valence-corrected chi connectivity index (χ4v) is 3.96. The van der Waals surface area contributed by atoms with Gasteiger partial charge in [0.1, 0.15) is 17.5 Å². The highest BCUT2D eigenvalue weighted by Crippen LogP contribution is 2.23. The smallest absolute Gasteiger partial charge is 0.263 e. The molecular formula is C22H29N3O5S. The number of nitrogens with zero attached hydrogens (tertiary/aromatic N) is 2. The van der Waals surface area contributed by atoms with E-state index in [1.807, 2.05) is 24.3 Å². The summed E-state index contributed by atoms with van der Waals surface area (Å²) in [6, 6.07) is 12.7. The molecule has 1 atom stereocenters. The number of unbranched alkanes of at least 4 members (excludes halogenated alkanes) is 1. The van der Waals surface area contributed by atoms with Gasteiger partial charge in [0.25, 0.3) is 5.91 Å². The van der Waals surface area contributed by atoms with Crippen molar-refractivity contribution in [2.24, 2.45) is 5.10 Å². The number of hydrazone groups is 1. The third-order valence-electron chi connectivity index (χ3n) is 4.45. The predicted octanol–water partition coefficient (Wildman–Crippen LogP) is 3.18. The lowest BCUT2D eigenvalue weighted by Crippen LogP contribution is -2.46. The maximum atomic E-state index is 12.5. The quantitative estimate of drug-likeness (QED) is 0.324. The minimum atomic E-state index is -3.71. The van der Waals surface area contributed by atoms with Gasteiger partial charge in [-0.1, -0.05) is 13.3 Å². The summed E-state index contributed by atoms with van der Waals surface area (Å²) in [4.78, 5) is 12.5. The summed E-state index contributed by atoms with van der Waals surface area (Å²) in [5.41, 5.74) is 3.53. The molecule has 0 aliphatic carbocycles. The summed E-state index contributed by atoms with van der Waals surface area (Å²) >= 11 is 0. The maximum absolute atomic E-state index is 12.5. The molecule has 8 nitrogen and oxygen atoms in total. The number of methoxy groups -OCH3 is 1. The van der Waals surface area contributed by atoms with Gasteiger partial charge in [-0.15, -0.1) is 0 Å². The Morgan fingerprint density at radius 3 is 2.29 bits per heavy atom. The first-order valence-electron chi connectivity index (χ1n) is 9.95. The number of amides is 1. The average Bonchev–Trinajstić information content (AvgIpc) is 2.74. The lowest BCUT2D eigenvalue weighted by atomic mass is 10.2. The Bertz CT molecular complexity index is 973. The van der Waals surface area contributed by atoms with Crippen LogP contribution < -0.4 is 19.2 Å². The molecule has 2 rings (SSSR count). The van der Waals surface area contributed by atoms with Crippen molar-refractivity contribution in [2.45, 2.75) is 32.7 Å².